The van der Waals surface area contributed by atoms with Gasteiger partial charge in [0.05, 0.1) is 17.4 Å². The average molecular weight is 277 g/mol. The van der Waals surface area contributed by atoms with Crippen LogP contribution < -0.4 is 15.8 Å². The number of ether oxygens (including phenoxy) is 1. The minimum atomic E-state index is -4.42. The predicted octanol–water partition coefficient (Wildman–Crippen LogP) is 1.70. The minimum Gasteiger partial charge on any atom is -0.468 e. The number of alkyl halides is 3. The number of carbonyl (C=O) groups is 1. The molecular formula is C11H14F3N3O2. The van der Waals surface area contributed by atoms with Gasteiger partial charge in [-0.05, 0) is 19.9 Å². The number of amides is 1. The molecule has 5 nitrogen and oxygen atoms in total. The minimum absolute atomic E-state index is 0.178. The number of nitrogens with two attached hydrogens (primary N) is 1. The predicted molar refractivity (Wildman–Crippen MR) is 62.7 cm³/mol. The monoisotopic (exact) mass is 277 g/mol. The van der Waals surface area contributed by atoms with Crippen LogP contribution in [0.1, 0.15) is 13.8 Å². The lowest BCUT2D eigenvalue weighted by Crippen LogP contribution is -2.45. The quantitative estimate of drug-likeness (QED) is 0.878. The lowest BCUT2D eigenvalue weighted by molar-refractivity contribution is -0.154. The van der Waals surface area contributed by atoms with Crippen molar-refractivity contribution >= 4 is 11.6 Å². The van der Waals surface area contributed by atoms with Crippen molar-refractivity contribution in [2.24, 2.45) is 5.73 Å². The maximum absolute atomic E-state index is 11.9. The van der Waals surface area contributed by atoms with Crippen LogP contribution >= 0.6 is 0 Å². The summed E-state index contributed by atoms with van der Waals surface area (Å²) >= 11 is 0. The van der Waals surface area contributed by atoms with Crippen LogP contribution in [0.25, 0.3) is 0 Å². The number of hydrogen-bond acceptors (Lipinski definition) is 4. The molecule has 0 aliphatic carbocycles. The molecule has 1 aromatic rings. The van der Waals surface area contributed by atoms with E-state index in [2.05, 4.69) is 15.0 Å². The summed E-state index contributed by atoms with van der Waals surface area (Å²) in [6.45, 7) is 1.63. The Hall–Kier alpha value is -1.83. The first-order chi connectivity index (χ1) is 8.58. The van der Waals surface area contributed by atoms with Gasteiger partial charge in [0.25, 0.3) is 0 Å². The standard InChI is InChI=1S/C11H14F3N3O2/c1-10(2,15)9(18)17-7-3-4-8(16-5-7)19-6-11(12,13)14/h3-5H,6,15H2,1-2H3,(H,17,18). The second kappa shape index (κ2) is 5.43. The van der Waals surface area contributed by atoms with E-state index in [1.165, 1.54) is 32.2 Å². The fourth-order valence-corrected chi connectivity index (χ4v) is 0.988. The molecule has 0 unspecified atom stereocenters. The van der Waals surface area contributed by atoms with Gasteiger partial charge in [-0.2, -0.15) is 13.2 Å². The molecule has 19 heavy (non-hydrogen) atoms. The molecule has 1 heterocycles. The molecule has 0 saturated carbocycles. The first-order valence-corrected chi connectivity index (χ1v) is 5.34. The lowest BCUT2D eigenvalue weighted by Gasteiger charge is -2.17. The van der Waals surface area contributed by atoms with E-state index in [4.69, 9.17) is 5.73 Å². The highest BCUT2D eigenvalue weighted by Gasteiger charge is 2.28. The van der Waals surface area contributed by atoms with E-state index in [9.17, 15) is 18.0 Å². The molecule has 0 aromatic carbocycles. The topological polar surface area (TPSA) is 77.2 Å². The maximum atomic E-state index is 11.9. The van der Waals surface area contributed by atoms with Gasteiger partial charge < -0.3 is 15.8 Å². The summed E-state index contributed by atoms with van der Waals surface area (Å²) in [7, 11) is 0. The van der Waals surface area contributed by atoms with Crippen LogP contribution in [0, 0.1) is 0 Å². The van der Waals surface area contributed by atoms with Gasteiger partial charge in [0.1, 0.15) is 0 Å². The molecule has 0 spiro atoms. The second-order valence-corrected chi connectivity index (χ2v) is 4.46. The highest BCUT2D eigenvalue weighted by atomic mass is 19.4. The Morgan fingerprint density at radius 3 is 2.47 bits per heavy atom. The number of aromatic nitrogens is 1. The zero-order valence-corrected chi connectivity index (χ0v) is 10.4. The summed E-state index contributed by atoms with van der Waals surface area (Å²) in [5.74, 6) is -0.611. The Labute approximate surface area is 108 Å². The first-order valence-electron chi connectivity index (χ1n) is 5.34. The number of nitrogens with one attached hydrogen (secondary N) is 1. The van der Waals surface area contributed by atoms with Gasteiger partial charge in [-0.3, -0.25) is 4.79 Å². The van der Waals surface area contributed by atoms with Crippen LogP contribution in [0.3, 0.4) is 0 Å². The molecule has 0 saturated heterocycles. The van der Waals surface area contributed by atoms with Crippen LogP contribution in [0.4, 0.5) is 18.9 Å². The average Bonchev–Trinajstić information content (AvgIpc) is 2.26. The third-order valence-corrected chi connectivity index (χ3v) is 1.96. The summed E-state index contributed by atoms with van der Waals surface area (Å²) in [6, 6.07) is 2.60. The van der Waals surface area contributed by atoms with Gasteiger partial charge >= 0.3 is 6.18 Å². The van der Waals surface area contributed by atoms with Crippen molar-refractivity contribution in [2.45, 2.75) is 25.6 Å². The van der Waals surface area contributed by atoms with E-state index in [1.54, 1.807) is 0 Å². The number of pyridine rings is 1. The summed E-state index contributed by atoms with van der Waals surface area (Å²) < 4.78 is 40.1. The van der Waals surface area contributed by atoms with Crippen molar-refractivity contribution in [1.82, 2.24) is 4.98 Å². The summed E-state index contributed by atoms with van der Waals surface area (Å²) in [5, 5.41) is 2.48. The van der Waals surface area contributed by atoms with Crippen molar-refractivity contribution in [3.05, 3.63) is 18.3 Å². The molecule has 1 amide bonds. The van der Waals surface area contributed by atoms with E-state index < -0.39 is 24.2 Å². The van der Waals surface area contributed by atoms with Gasteiger partial charge in [0, 0.05) is 6.07 Å². The highest BCUT2D eigenvalue weighted by Crippen LogP contribution is 2.18. The van der Waals surface area contributed by atoms with Crippen molar-refractivity contribution < 1.29 is 22.7 Å². The fraction of sp³-hybridized carbons (Fsp3) is 0.455. The number of rotatable bonds is 4. The van der Waals surface area contributed by atoms with Gasteiger partial charge in [-0.25, -0.2) is 4.98 Å². The second-order valence-electron chi connectivity index (χ2n) is 4.46. The van der Waals surface area contributed by atoms with Crippen LogP contribution in [0.5, 0.6) is 5.88 Å². The van der Waals surface area contributed by atoms with Crippen LogP contribution in [-0.2, 0) is 4.79 Å². The molecule has 1 rings (SSSR count). The third-order valence-electron chi connectivity index (χ3n) is 1.96. The normalized spacial score (nSPS) is 12.1. The van der Waals surface area contributed by atoms with Crippen molar-refractivity contribution in [1.29, 1.82) is 0 Å². The number of anilines is 1. The summed E-state index contributed by atoms with van der Waals surface area (Å²) in [4.78, 5) is 15.2. The van der Waals surface area contributed by atoms with Crippen molar-refractivity contribution in [2.75, 3.05) is 11.9 Å². The van der Waals surface area contributed by atoms with Gasteiger partial charge in [0.2, 0.25) is 11.8 Å². The summed E-state index contributed by atoms with van der Waals surface area (Å²) in [5.41, 5.74) is 4.83. The van der Waals surface area contributed by atoms with E-state index >= 15 is 0 Å². The smallest absolute Gasteiger partial charge is 0.422 e. The highest BCUT2D eigenvalue weighted by molar-refractivity contribution is 5.97. The van der Waals surface area contributed by atoms with E-state index in [0.717, 1.165) is 0 Å². The van der Waals surface area contributed by atoms with Crippen LogP contribution in [0.2, 0.25) is 0 Å². The Morgan fingerprint density at radius 2 is 2.05 bits per heavy atom. The van der Waals surface area contributed by atoms with E-state index in [0.29, 0.717) is 5.69 Å². The SMILES string of the molecule is CC(C)(N)C(=O)Nc1ccc(OCC(F)(F)F)nc1. The third kappa shape index (κ3) is 5.56. The molecule has 0 fully saturated rings. The van der Waals surface area contributed by atoms with Gasteiger partial charge in [-0.15, -0.1) is 0 Å². The van der Waals surface area contributed by atoms with Crippen molar-refractivity contribution in [3.8, 4) is 5.88 Å². The lowest BCUT2D eigenvalue weighted by atomic mass is 10.1. The Kier molecular flexibility index (Phi) is 4.35. The molecule has 8 heteroatoms. The Bertz CT molecular complexity index is 438. The first kappa shape index (κ1) is 15.2. The number of nitrogens with zero attached hydrogens (tertiary/aromatic N) is 1. The largest absolute Gasteiger partial charge is 0.468 e. The van der Waals surface area contributed by atoms with Crippen molar-refractivity contribution in [3.63, 3.8) is 0 Å². The number of hydrogen-bond donors (Lipinski definition) is 2. The summed E-state index contributed by atoms with van der Waals surface area (Å²) in [6.07, 6.45) is -3.23. The number of carbonyl (C=O) groups excluding carboxylic acids is 1. The Morgan fingerprint density at radius 1 is 1.42 bits per heavy atom. The number of halogens is 3. The molecule has 0 radical (unpaired) electrons. The fourth-order valence-electron chi connectivity index (χ4n) is 0.988. The molecule has 0 aliphatic rings. The van der Waals surface area contributed by atoms with E-state index in [1.807, 2.05) is 0 Å². The van der Waals surface area contributed by atoms with E-state index in [-0.39, 0.29) is 5.88 Å². The van der Waals surface area contributed by atoms with Gasteiger partial charge in [0.15, 0.2) is 6.61 Å². The zero-order chi connectivity index (χ0) is 14.7. The molecule has 1 aromatic heterocycles. The van der Waals surface area contributed by atoms with Crippen LogP contribution in [-0.4, -0.2) is 29.2 Å². The molecule has 106 valence electrons. The maximum Gasteiger partial charge on any atom is 0.422 e. The zero-order valence-electron chi connectivity index (χ0n) is 10.4. The molecule has 0 atom stereocenters. The molecular weight excluding hydrogens is 263 g/mol. The Balaban J connectivity index is 2.60. The van der Waals surface area contributed by atoms with Gasteiger partial charge in [-0.1, -0.05) is 0 Å². The van der Waals surface area contributed by atoms with Crippen LogP contribution in [0.15, 0.2) is 18.3 Å². The molecule has 0 aliphatic heterocycles. The molecule has 3 N–H and O–H groups in total. The molecule has 0 bridgehead atoms.